The van der Waals surface area contributed by atoms with E-state index in [-0.39, 0.29) is 35.3 Å². The normalized spacial score (nSPS) is 29.3. The topological polar surface area (TPSA) is 70.8 Å². The number of amides is 1. The minimum atomic E-state index is -0.320. The molecule has 5 nitrogen and oxygen atoms in total. The van der Waals surface area contributed by atoms with Crippen molar-refractivity contribution < 1.29 is 14.3 Å². The van der Waals surface area contributed by atoms with Crippen molar-refractivity contribution in [3.05, 3.63) is 33.9 Å². The van der Waals surface area contributed by atoms with Crippen LogP contribution in [0.4, 0.5) is 0 Å². The molecule has 2 aliphatic rings. The molecule has 1 N–H and O–H groups in total. The van der Waals surface area contributed by atoms with E-state index in [1.165, 1.54) is 12.1 Å². The Morgan fingerprint density at radius 1 is 1.30 bits per heavy atom. The van der Waals surface area contributed by atoms with Crippen molar-refractivity contribution >= 4 is 5.91 Å². The summed E-state index contributed by atoms with van der Waals surface area (Å²) in [7, 11) is 0. The molecule has 0 radical (unpaired) electrons. The fraction of sp³-hybridized carbons (Fsp3) is 0.600. The number of hydrogen-bond donors (Lipinski definition) is 1. The Balaban J connectivity index is 1.91. The van der Waals surface area contributed by atoms with E-state index in [0.717, 1.165) is 19.3 Å². The molecule has 5 heteroatoms. The van der Waals surface area contributed by atoms with Crippen molar-refractivity contribution in [1.29, 1.82) is 0 Å². The number of aliphatic hydroxyl groups is 1. The zero-order chi connectivity index (χ0) is 14.3. The van der Waals surface area contributed by atoms with Gasteiger partial charge in [-0.15, -0.1) is 0 Å². The number of carbonyl (C=O) groups excluding carboxylic acids is 1. The lowest BCUT2D eigenvalue weighted by atomic mass is 9.83. The quantitative estimate of drug-likeness (QED) is 0.843. The second-order valence-corrected chi connectivity index (χ2v) is 5.84. The van der Waals surface area contributed by atoms with Gasteiger partial charge in [-0.05, 0) is 39.0 Å². The van der Waals surface area contributed by atoms with Gasteiger partial charge in [0.15, 0.2) is 11.2 Å². The van der Waals surface area contributed by atoms with Crippen molar-refractivity contribution in [3.8, 4) is 0 Å². The lowest BCUT2D eigenvalue weighted by Crippen LogP contribution is -2.55. The third kappa shape index (κ3) is 2.38. The van der Waals surface area contributed by atoms with Crippen LogP contribution in [-0.2, 0) is 0 Å². The molecule has 2 bridgehead atoms. The number of rotatable bonds is 1. The maximum atomic E-state index is 12.6. The van der Waals surface area contributed by atoms with Gasteiger partial charge in [0.2, 0.25) is 0 Å². The van der Waals surface area contributed by atoms with Crippen molar-refractivity contribution in [3.63, 3.8) is 0 Å². The minimum Gasteiger partial charge on any atom is -0.456 e. The molecule has 3 rings (SSSR count). The van der Waals surface area contributed by atoms with Crippen LogP contribution in [0.5, 0.6) is 0 Å². The molecule has 0 spiro atoms. The number of aryl methyl sites for hydroxylation is 1. The third-order valence-electron chi connectivity index (χ3n) is 4.28. The second-order valence-electron chi connectivity index (χ2n) is 5.84. The van der Waals surface area contributed by atoms with E-state index in [2.05, 4.69) is 0 Å². The number of hydrogen-bond acceptors (Lipinski definition) is 4. The van der Waals surface area contributed by atoms with Crippen molar-refractivity contribution in [1.82, 2.24) is 4.90 Å². The van der Waals surface area contributed by atoms with E-state index in [0.29, 0.717) is 18.6 Å². The Labute approximate surface area is 117 Å². The summed E-state index contributed by atoms with van der Waals surface area (Å²) in [4.78, 5) is 26.0. The van der Waals surface area contributed by atoms with Gasteiger partial charge in [-0.1, -0.05) is 0 Å². The Bertz CT molecular complexity index is 565. The van der Waals surface area contributed by atoms with E-state index in [9.17, 15) is 14.7 Å². The van der Waals surface area contributed by atoms with Crippen LogP contribution < -0.4 is 5.43 Å². The molecule has 0 aromatic carbocycles. The summed E-state index contributed by atoms with van der Waals surface area (Å²) in [6.45, 7) is 1.67. The molecular formula is C15H19NO4. The lowest BCUT2D eigenvalue weighted by molar-refractivity contribution is -0.0169. The second kappa shape index (κ2) is 5.05. The molecule has 1 unspecified atom stereocenters. The van der Waals surface area contributed by atoms with Crippen LogP contribution >= 0.6 is 0 Å². The van der Waals surface area contributed by atoms with Crippen LogP contribution in [0.25, 0.3) is 0 Å². The highest BCUT2D eigenvalue weighted by Crippen LogP contribution is 2.35. The smallest absolute Gasteiger partial charge is 0.290 e. The van der Waals surface area contributed by atoms with E-state index in [4.69, 9.17) is 4.42 Å². The average Bonchev–Trinajstić information content (AvgIpc) is 2.35. The maximum absolute atomic E-state index is 12.6. The molecule has 3 atom stereocenters. The van der Waals surface area contributed by atoms with Gasteiger partial charge >= 0.3 is 0 Å². The zero-order valence-electron chi connectivity index (χ0n) is 11.5. The SMILES string of the molecule is Cc1cc(=O)cc(C(=O)N2[C@@H]3CCC[C@H]2CC(O)C3)o1. The number of carbonyl (C=O) groups is 1. The molecule has 0 saturated carbocycles. The van der Waals surface area contributed by atoms with Gasteiger partial charge < -0.3 is 14.4 Å². The molecule has 2 fully saturated rings. The molecule has 2 aliphatic heterocycles. The van der Waals surface area contributed by atoms with Crippen LogP contribution in [0, 0.1) is 6.92 Å². The summed E-state index contributed by atoms with van der Waals surface area (Å²) in [5.74, 6) is 0.346. The van der Waals surface area contributed by atoms with Gasteiger partial charge in [-0.2, -0.15) is 0 Å². The van der Waals surface area contributed by atoms with Crippen LogP contribution in [0.2, 0.25) is 0 Å². The Morgan fingerprint density at radius 2 is 1.95 bits per heavy atom. The number of fused-ring (bicyclic) bond motifs is 2. The van der Waals surface area contributed by atoms with E-state index in [1.807, 2.05) is 4.90 Å². The Hall–Kier alpha value is -1.62. The maximum Gasteiger partial charge on any atom is 0.290 e. The largest absolute Gasteiger partial charge is 0.456 e. The third-order valence-corrected chi connectivity index (χ3v) is 4.28. The Kier molecular flexibility index (Phi) is 3.38. The van der Waals surface area contributed by atoms with E-state index in [1.54, 1.807) is 6.92 Å². The van der Waals surface area contributed by atoms with E-state index >= 15 is 0 Å². The summed E-state index contributed by atoms with van der Waals surface area (Å²) < 4.78 is 5.41. The van der Waals surface area contributed by atoms with Gasteiger partial charge in [-0.3, -0.25) is 9.59 Å². The molecular weight excluding hydrogens is 258 g/mol. The van der Waals surface area contributed by atoms with Crippen LogP contribution in [0.1, 0.15) is 48.4 Å². The standard InChI is InChI=1S/C15H19NO4/c1-9-5-12(17)8-14(20-9)15(19)16-10-3-2-4-11(16)7-13(18)6-10/h5,8,10-11,13,18H,2-4,6-7H2,1H3/t10-,11+,13?. The molecule has 0 aliphatic carbocycles. The van der Waals surface area contributed by atoms with Crippen LogP contribution in [0.15, 0.2) is 21.3 Å². The molecule has 1 aromatic rings. The molecule has 1 aromatic heterocycles. The number of piperidine rings is 2. The minimum absolute atomic E-state index is 0.0656. The summed E-state index contributed by atoms with van der Waals surface area (Å²) in [5.41, 5.74) is -0.209. The van der Waals surface area contributed by atoms with Gasteiger partial charge in [0, 0.05) is 24.2 Å². The van der Waals surface area contributed by atoms with Crippen molar-refractivity contribution in [2.75, 3.05) is 0 Å². The number of nitrogens with zero attached hydrogens (tertiary/aromatic N) is 1. The first-order valence-corrected chi connectivity index (χ1v) is 7.17. The monoisotopic (exact) mass is 277 g/mol. The average molecular weight is 277 g/mol. The first-order chi connectivity index (χ1) is 9.54. The molecule has 1 amide bonds. The van der Waals surface area contributed by atoms with Gasteiger partial charge in [0.25, 0.3) is 5.91 Å². The molecule has 3 heterocycles. The fourth-order valence-corrected chi connectivity index (χ4v) is 3.52. The van der Waals surface area contributed by atoms with Gasteiger partial charge in [0.05, 0.1) is 6.10 Å². The van der Waals surface area contributed by atoms with E-state index < -0.39 is 0 Å². The first kappa shape index (κ1) is 13.4. The van der Waals surface area contributed by atoms with Gasteiger partial charge in [0.1, 0.15) is 5.76 Å². The van der Waals surface area contributed by atoms with Crippen molar-refractivity contribution in [2.24, 2.45) is 0 Å². The summed E-state index contributed by atoms with van der Waals surface area (Å²) in [5, 5.41) is 9.86. The molecule has 20 heavy (non-hydrogen) atoms. The highest BCUT2D eigenvalue weighted by Gasteiger charge is 2.41. The first-order valence-electron chi connectivity index (χ1n) is 7.17. The predicted octanol–water partition coefficient (Wildman–Crippen LogP) is 1.47. The highest BCUT2D eigenvalue weighted by atomic mass is 16.3. The predicted molar refractivity (Wildman–Crippen MR) is 72.6 cm³/mol. The number of aliphatic hydroxyl groups excluding tert-OH is 1. The zero-order valence-corrected chi connectivity index (χ0v) is 11.5. The summed E-state index contributed by atoms with van der Waals surface area (Å²) in [6.07, 6.45) is 3.84. The van der Waals surface area contributed by atoms with Crippen LogP contribution in [-0.4, -0.2) is 34.1 Å². The molecule has 108 valence electrons. The van der Waals surface area contributed by atoms with Crippen molar-refractivity contribution in [2.45, 2.75) is 57.2 Å². The van der Waals surface area contributed by atoms with Crippen LogP contribution in [0.3, 0.4) is 0 Å². The fourth-order valence-electron chi connectivity index (χ4n) is 3.52. The molecule has 2 saturated heterocycles. The summed E-state index contributed by atoms with van der Waals surface area (Å²) in [6, 6.07) is 2.76. The van der Waals surface area contributed by atoms with Gasteiger partial charge in [-0.25, -0.2) is 0 Å². The lowest BCUT2D eigenvalue weighted by Gasteiger charge is -2.47. The summed E-state index contributed by atoms with van der Waals surface area (Å²) >= 11 is 0. The Morgan fingerprint density at radius 3 is 2.55 bits per heavy atom. The highest BCUT2D eigenvalue weighted by molar-refractivity contribution is 5.92.